The van der Waals surface area contributed by atoms with Crippen molar-refractivity contribution in [3.63, 3.8) is 0 Å². The van der Waals surface area contributed by atoms with Gasteiger partial charge in [-0.2, -0.15) is 0 Å². The molecule has 1 fully saturated rings. The molecule has 0 unspecified atom stereocenters. The van der Waals surface area contributed by atoms with E-state index in [0.717, 1.165) is 50.2 Å². The molecule has 1 aromatic heterocycles. The second-order valence-electron chi connectivity index (χ2n) is 6.46. The Kier molecular flexibility index (Phi) is 8.00. The van der Waals surface area contributed by atoms with Gasteiger partial charge in [0.1, 0.15) is 9.88 Å². The lowest BCUT2D eigenvalue weighted by atomic mass is 10.1. The molecule has 2 rings (SSSR count). The molecule has 0 amide bonds. The van der Waals surface area contributed by atoms with Gasteiger partial charge in [-0.05, 0) is 50.5 Å². The van der Waals surface area contributed by atoms with E-state index in [1.165, 1.54) is 14.2 Å². The first-order valence-corrected chi connectivity index (χ1v) is 10.2. The van der Waals surface area contributed by atoms with Gasteiger partial charge in [-0.15, -0.1) is 11.3 Å². The fraction of sp³-hybridized carbons (Fsp3) is 0.611. The van der Waals surface area contributed by atoms with Gasteiger partial charge in [0.05, 0.1) is 19.8 Å². The minimum Gasteiger partial charge on any atom is -0.465 e. The van der Waals surface area contributed by atoms with Crippen molar-refractivity contribution in [3.8, 4) is 0 Å². The first kappa shape index (κ1) is 21.6. The molecule has 0 aromatic carbocycles. The molecule has 1 aliphatic heterocycles. The summed E-state index contributed by atoms with van der Waals surface area (Å²) in [6.07, 6.45) is 3.19. The SMILES string of the molecule is CCCN1CCC(NC(=S)Nc2sc(C(=O)OC)c(C)c2C(=O)OC)CC1. The fourth-order valence-electron chi connectivity index (χ4n) is 3.18. The molecular weight excluding hydrogens is 386 g/mol. The Morgan fingerprint density at radius 2 is 1.85 bits per heavy atom. The van der Waals surface area contributed by atoms with Crippen LogP contribution in [0.25, 0.3) is 0 Å². The number of thiocarbonyl (C=S) groups is 1. The number of nitrogens with one attached hydrogen (secondary N) is 2. The summed E-state index contributed by atoms with van der Waals surface area (Å²) < 4.78 is 9.65. The predicted molar refractivity (Wildman–Crippen MR) is 111 cm³/mol. The van der Waals surface area contributed by atoms with Crippen LogP contribution in [0.1, 0.15) is 51.8 Å². The lowest BCUT2D eigenvalue weighted by molar-refractivity contribution is 0.0601. The number of ether oxygens (including phenoxy) is 2. The fourth-order valence-corrected chi connectivity index (χ4v) is 4.63. The molecule has 27 heavy (non-hydrogen) atoms. The van der Waals surface area contributed by atoms with Crippen LogP contribution in [0.2, 0.25) is 0 Å². The molecule has 1 aliphatic rings. The van der Waals surface area contributed by atoms with Crippen molar-refractivity contribution in [2.45, 2.75) is 39.2 Å². The van der Waals surface area contributed by atoms with Crippen molar-refractivity contribution in [3.05, 3.63) is 16.0 Å². The number of carbonyl (C=O) groups excluding carboxylic acids is 2. The Labute approximate surface area is 169 Å². The van der Waals surface area contributed by atoms with Gasteiger partial charge in [-0.25, -0.2) is 9.59 Å². The molecule has 0 spiro atoms. The lowest BCUT2D eigenvalue weighted by Crippen LogP contribution is -2.46. The van der Waals surface area contributed by atoms with Crippen molar-refractivity contribution >= 4 is 45.6 Å². The normalized spacial score (nSPS) is 15.3. The van der Waals surface area contributed by atoms with Gasteiger partial charge in [-0.1, -0.05) is 6.92 Å². The van der Waals surface area contributed by atoms with Crippen molar-refractivity contribution < 1.29 is 19.1 Å². The van der Waals surface area contributed by atoms with Gasteiger partial charge in [0.25, 0.3) is 0 Å². The standard InChI is InChI=1S/C18H27N3O4S2/c1-5-8-21-9-6-12(7-10-21)19-18(26)20-15-13(16(22)24-3)11(2)14(27-15)17(23)25-4/h12H,5-10H2,1-4H3,(H2,19,20,26). The zero-order chi connectivity index (χ0) is 20.0. The van der Waals surface area contributed by atoms with E-state index in [1.807, 2.05) is 0 Å². The highest BCUT2D eigenvalue weighted by atomic mass is 32.1. The summed E-state index contributed by atoms with van der Waals surface area (Å²) in [6.45, 7) is 7.11. The summed E-state index contributed by atoms with van der Waals surface area (Å²) in [5, 5.41) is 7.31. The van der Waals surface area contributed by atoms with E-state index in [4.69, 9.17) is 21.7 Å². The predicted octanol–water partition coefficient (Wildman–Crippen LogP) is 2.79. The number of rotatable bonds is 6. The summed E-state index contributed by atoms with van der Waals surface area (Å²) in [5.41, 5.74) is 0.835. The van der Waals surface area contributed by atoms with E-state index < -0.39 is 11.9 Å². The number of hydrogen-bond donors (Lipinski definition) is 2. The van der Waals surface area contributed by atoms with Crippen LogP contribution in [0.3, 0.4) is 0 Å². The maximum Gasteiger partial charge on any atom is 0.348 e. The molecule has 2 N–H and O–H groups in total. The summed E-state index contributed by atoms with van der Waals surface area (Å²) in [7, 11) is 2.62. The van der Waals surface area contributed by atoms with Gasteiger partial charge >= 0.3 is 11.9 Å². The molecule has 2 heterocycles. The summed E-state index contributed by atoms with van der Waals surface area (Å²) in [6, 6.07) is 0.292. The molecule has 7 nitrogen and oxygen atoms in total. The number of hydrogen-bond acceptors (Lipinski definition) is 7. The Bertz CT molecular complexity index is 697. The molecule has 0 aliphatic carbocycles. The molecule has 150 valence electrons. The van der Waals surface area contributed by atoms with E-state index in [0.29, 0.717) is 32.2 Å². The van der Waals surface area contributed by atoms with Crippen LogP contribution in [-0.4, -0.2) is 61.8 Å². The maximum atomic E-state index is 12.2. The number of thiophene rings is 1. The quantitative estimate of drug-likeness (QED) is 0.544. The first-order valence-electron chi connectivity index (χ1n) is 9.01. The van der Waals surface area contributed by atoms with Crippen LogP contribution in [-0.2, 0) is 9.47 Å². The Hall–Kier alpha value is -1.71. The average Bonchev–Trinajstić information content (AvgIpc) is 2.98. The average molecular weight is 414 g/mol. The monoisotopic (exact) mass is 413 g/mol. The van der Waals surface area contributed by atoms with E-state index in [-0.39, 0.29) is 0 Å². The molecule has 0 saturated carbocycles. The minimum absolute atomic E-state index is 0.292. The molecule has 1 saturated heterocycles. The van der Waals surface area contributed by atoms with E-state index in [9.17, 15) is 9.59 Å². The Morgan fingerprint density at radius 3 is 2.41 bits per heavy atom. The minimum atomic E-state index is -0.517. The van der Waals surface area contributed by atoms with Crippen molar-refractivity contribution in [2.24, 2.45) is 0 Å². The van der Waals surface area contributed by atoms with Crippen LogP contribution in [0, 0.1) is 6.92 Å². The highest BCUT2D eigenvalue weighted by Crippen LogP contribution is 2.34. The third-order valence-corrected chi connectivity index (χ3v) is 6.00. The first-order chi connectivity index (χ1) is 12.9. The van der Waals surface area contributed by atoms with Crippen molar-refractivity contribution in [1.82, 2.24) is 10.2 Å². The number of esters is 2. The van der Waals surface area contributed by atoms with Crippen LogP contribution in [0.15, 0.2) is 0 Å². The van der Waals surface area contributed by atoms with Gasteiger partial charge < -0.3 is 25.0 Å². The van der Waals surface area contributed by atoms with E-state index in [2.05, 4.69) is 22.5 Å². The van der Waals surface area contributed by atoms with Crippen LogP contribution >= 0.6 is 23.6 Å². The van der Waals surface area contributed by atoms with E-state index >= 15 is 0 Å². The number of likely N-dealkylation sites (tertiary alicyclic amines) is 1. The van der Waals surface area contributed by atoms with Gasteiger partial charge in [-0.3, -0.25) is 0 Å². The molecule has 0 bridgehead atoms. The van der Waals surface area contributed by atoms with E-state index in [1.54, 1.807) is 6.92 Å². The third kappa shape index (κ3) is 5.40. The largest absolute Gasteiger partial charge is 0.465 e. The summed E-state index contributed by atoms with van der Waals surface area (Å²) >= 11 is 6.57. The van der Waals surface area contributed by atoms with Crippen molar-refractivity contribution in [1.29, 1.82) is 0 Å². The molecule has 0 radical (unpaired) electrons. The smallest absolute Gasteiger partial charge is 0.348 e. The Morgan fingerprint density at radius 1 is 1.22 bits per heavy atom. The second kappa shape index (κ2) is 10.0. The summed E-state index contributed by atoms with van der Waals surface area (Å²) in [4.78, 5) is 26.9. The highest BCUT2D eigenvalue weighted by molar-refractivity contribution is 7.80. The van der Waals surface area contributed by atoms with Gasteiger partial charge in [0, 0.05) is 19.1 Å². The maximum absolute atomic E-state index is 12.2. The van der Waals surface area contributed by atoms with Crippen LogP contribution in [0.4, 0.5) is 5.00 Å². The second-order valence-corrected chi connectivity index (χ2v) is 7.89. The van der Waals surface area contributed by atoms with Crippen molar-refractivity contribution in [2.75, 3.05) is 39.2 Å². The molecular formula is C18H27N3O4S2. The number of carbonyl (C=O) groups is 2. The lowest BCUT2D eigenvalue weighted by Gasteiger charge is -2.32. The molecule has 0 atom stereocenters. The van der Waals surface area contributed by atoms with Gasteiger partial charge in [0.15, 0.2) is 5.11 Å². The number of piperidine rings is 1. The molecule has 1 aromatic rings. The number of methoxy groups -OCH3 is 2. The number of nitrogens with zero attached hydrogens (tertiary/aromatic N) is 1. The van der Waals surface area contributed by atoms with Crippen LogP contribution < -0.4 is 10.6 Å². The number of anilines is 1. The summed E-state index contributed by atoms with van der Waals surface area (Å²) in [5.74, 6) is -1.00. The van der Waals surface area contributed by atoms with Gasteiger partial charge in [0.2, 0.25) is 0 Å². The zero-order valence-electron chi connectivity index (χ0n) is 16.2. The molecule has 9 heteroatoms. The topological polar surface area (TPSA) is 79.9 Å². The third-order valence-electron chi connectivity index (χ3n) is 4.60. The highest BCUT2D eigenvalue weighted by Gasteiger charge is 2.27. The Balaban J connectivity index is 2.06. The van der Waals surface area contributed by atoms with Crippen LogP contribution in [0.5, 0.6) is 0 Å². The zero-order valence-corrected chi connectivity index (χ0v) is 17.8.